The van der Waals surface area contributed by atoms with Crippen LogP contribution < -0.4 is 10.6 Å². The summed E-state index contributed by atoms with van der Waals surface area (Å²) in [5.74, 6) is 0.725. The lowest BCUT2D eigenvalue weighted by molar-refractivity contribution is 0.405. The average molecular weight is 324 g/mol. The van der Waals surface area contributed by atoms with Gasteiger partial charge in [0.1, 0.15) is 11.6 Å². The van der Waals surface area contributed by atoms with Crippen molar-refractivity contribution in [2.24, 2.45) is 0 Å². The van der Waals surface area contributed by atoms with Crippen molar-refractivity contribution in [2.75, 3.05) is 37.8 Å². The molecule has 0 atom stereocenters. The molecule has 118 valence electrons. The summed E-state index contributed by atoms with van der Waals surface area (Å²) in [6.07, 6.45) is 2.66. The van der Waals surface area contributed by atoms with Gasteiger partial charge >= 0.3 is 0 Å². The molecule has 0 aliphatic heterocycles. The fraction of sp³-hybridized carbons (Fsp3) is 0.333. The smallest absolute Gasteiger partial charge is 0.224 e. The molecule has 2 aromatic rings. The first-order chi connectivity index (χ1) is 10.5. The van der Waals surface area contributed by atoms with Gasteiger partial charge in [0.25, 0.3) is 0 Å². The lowest BCUT2D eigenvalue weighted by Gasteiger charge is -2.11. The minimum atomic E-state index is -0.446. The second kappa shape index (κ2) is 7.91. The summed E-state index contributed by atoms with van der Waals surface area (Å²) in [7, 11) is 4.07. The van der Waals surface area contributed by atoms with E-state index < -0.39 is 5.82 Å². The number of halogens is 2. The molecule has 7 heteroatoms. The molecule has 0 bridgehead atoms. The van der Waals surface area contributed by atoms with Gasteiger partial charge in [0, 0.05) is 18.4 Å². The Morgan fingerprint density at radius 2 is 2.09 bits per heavy atom. The van der Waals surface area contributed by atoms with Crippen molar-refractivity contribution >= 4 is 29.1 Å². The summed E-state index contributed by atoms with van der Waals surface area (Å²) < 4.78 is 13.1. The van der Waals surface area contributed by atoms with Crippen molar-refractivity contribution in [1.82, 2.24) is 14.9 Å². The molecule has 2 rings (SSSR count). The maximum atomic E-state index is 13.1. The predicted octanol–water partition coefficient (Wildman–Crippen LogP) is 3.38. The van der Waals surface area contributed by atoms with Crippen LogP contribution in [0.25, 0.3) is 0 Å². The lowest BCUT2D eigenvalue weighted by atomic mass is 10.3. The van der Waals surface area contributed by atoms with Gasteiger partial charge in [-0.3, -0.25) is 0 Å². The third kappa shape index (κ3) is 5.13. The summed E-state index contributed by atoms with van der Waals surface area (Å²) >= 11 is 5.76. The molecule has 0 radical (unpaired) electrons. The molecule has 5 nitrogen and oxygen atoms in total. The summed E-state index contributed by atoms with van der Waals surface area (Å²) in [5, 5.41) is 6.31. The fourth-order valence-corrected chi connectivity index (χ4v) is 2.01. The molecule has 0 amide bonds. The fourth-order valence-electron chi connectivity index (χ4n) is 1.83. The van der Waals surface area contributed by atoms with E-state index in [0.717, 1.165) is 19.5 Å². The van der Waals surface area contributed by atoms with E-state index in [9.17, 15) is 4.39 Å². The van der Waals surface area contributed by atoms with Gasteiger partial charge in [-0.15, -0.1) is 0 Å². The van der Waals surface area contributed by atoms with Gasteiger partial charge in [-0.25, -0.2) is 9.37 Å². The molecule has 1 aromatic carbocycles. The molecular weight excluding hydrogens is 305 g/mol. The maximum absolute atomic E-state index is 13.1. The third-order valence-electron chi connectivity index (χ3n) is 2.91. The Labute approximate surface area is 134 Å². The van der Waals surface area contributed by atoms with Gasteiger partial charge in [-0.1, -0.05) is 11.6 Å². The van der Waals surface area contributed by atoms with Crippen LogP contribution in [0.4, 0.5) is 21.8 Å². The first kappa shape index (κ1) is 16.5. The zero-order valence-electron chi connectivity index (χ0n) is 12.6. The molecule has 1 heterocycles. The van der Waals surface area contributed by atoms with E-state index in [1.807, 2.05) is 14.1 Å². The maximum Gasteiger partial charge on any atom is 0.224 e. The van der Waals surface area contributed by atoms with Gasteiger partial charge in [0.05, 0.1) is 5.02 Å². The highest BCUT2D eigenvalue weighted by molar-refractivity contribution is 6.31. The Hall–Kier alpha value is -1.92. The van der Waals surface area contributed by atoms with Crippen LogP contribution in [-0.4, -0.2) is 42.1 Å². The van der Waals surface area contributed by atoms with Gasteiger partial charge in [-0.05, 0) is 51.3 Å². The summed E-state index contributed by atoms with van der Waals surface area (Å²) in [6, 6.07) is 6.17. The number of hydrogen-bond acceptors (Lipinski definition) is 5. The van der Waals surface area contributed by atoms with Gasteiger partial charge in [0.15, 0.2) is 0 Å². The first-order valence-electron chi connectivity index (χ1n) is 6.98. The molecular formula is C15H19ClFN5. The molecule has 2 N–H and O–H groups in total. The molecule has 0 fully saturated rings. The Morgan fingerprint density at radius 3 is 2.82 bits per heavy atom. The van der Waals surface area contributed by atoms with E-state index in [1.54, 1.807) is 18.3 Å². The van der Waals surface area contributed by atoms with Crippen LogP contribution in [0.2, 0.25) is 5.02 Å². The highest BCUT2D eigenvalue weighted by atomic mass is 35.5. The predicted molar refractivity (Wildman–Crippen MR) is 88.4 cm³/mol. The van der Waals surface area contributed by atoms with E-state index >= 15 is 0 Å². The van der Waals surface area contributed by atoms with E-state index in [0.29, 0.717) is 17.5 Å². The monoisotopic (exact) mass is 323 g/mol. The summed E-state index contributed by atoms with van der Waals surface area (Å²) in [4.78, 5) is 10.6. The molecule has 0 unspecified atom stereocenters. The molecule has 0 saturated carbocycles. The average Bonchev–Trinajstić information content (AvgIpc) is 2.48. The Bertz CT molecular complexity index is 621. The minimum Gasteiger partial charge on any atom is -0.354 e. The number of rotatable bonds is 7. The van der Waals surface area contributed by atoms with E-state index in [-0.39, 0.29) is 5.02 Å². The Kier molecular flexibility index (Phi) is 5.91. The topological polar surface area (TPSA) is 53.1 Å². The van der Waals surface area contributed by atoms with Gasteiger partial charge < -0.3 is 15.5 Å². The SMILES string of the molecule is CN(C)CCCNc1nccc(Nc2ccc(F)c(Cl)c2)n1. The number of anilines is 3. The highest BCUT2D eigenvalue weighted by Crippen LogP contribution is 2.22. The van der Waals surface area contributed by atoms with Crippen LogP contribution in [0.3, 0.4) is 0 Å². The molecule has 0 aliphatic rings. The third-order valence-corrected chi connectivity index (χ3v) is 3.20. The van der Waals surface area contributed by atoms with E-state index in [4.69, 9.17) is 11.6 Å². The number of nitrogens with one attached hydrogen (secondary N) is 2. The van der Waals surface area contributed by atoms with Crippen LogP contribution in [0.15, 0.2) is 30.5 Å². The number of aromatic nitrogens is 2. The van der Waals surface area contributed by atoms with E-state index in [1.165, 1.54) is 12.1 Å². The number of benzene rings is 1. The molecule has 0 saturated heterocycles. The summed E-state index contributed by atoms with van der Waals surface area (Å²) in [5.41, 5.74) is 0.670. The molecule has 0 spiro atoms. The van der Waals surface area contributed by atoms with Crippen molar-refractivity contribution in [3.63, 3.8) is 0 Å². The van der Waals surface area contributed by atoms with Crippen LogP contribution in [0.5, 0.6) is 0 Å². The zero-order chi connectivity index (χ0) is 15.9. The summed E-state index contributed by atoms with van der Waals surface area (Å²) in [6.45, 7) is 1.79. The van der Waals surface area contributed by atoms with Crippen LogP contribution >= 0.6 is 11.6 Å². The molecule has 22 heavy (non-hydrogen) atoms. The molecule has 0 aliphatic carbocycles. The number of nitrogens with zero attached hydrogens (tertiary/aromatic N) is 3. The van der Waals surface area contributed by atoms with Crippen molar-refractivity contribution in [2.45, 2.75) is 6.42 Å². The first-order valence-corrected chi connectivity index (χ1v) is 7.36. The Balaban J connectivity index is 1.94. The Morgan fingerprint density at radius 1 is 1.27 bits per heavy atom. The highest BCUT2D eigenvalue weighted by Gasteiger charge is 2.03. The van der Waals surface area contributed by atoms with Crippen molar-refractivity contribution < 1.29 is 4.39 Å². The van der Waals surface area contributed by atoms with Crippen LogP contribution in [0, 0.1) is 5.82 Å². The van der Waals surface area contributed by atoms with Gasteiger partial charge in [-0.2, -0.15) is 4.98 Å². The van der Waals surface area contributed by atoms with E-state index in [2.05, 4.69) is 25.5 Å². The standard InChI is InChI=1S/C15H19ClFN5/c1-22(2)9-3-7-18-15-19-8-6-14(21-15)20-11-4-5-13(17)12(16)10-11/h4-6,8,10H,3,7,9H2,1-2H3,(H2,18,19,20,21). The number of hydrogen-bond donors (Lipinski definition) is 2. The minimum absolute atomic E-state index is 0.0705. The van der Waals surface area contributed by atoms with Gasteiger partial charge in [0.2, 0.25) is 5.95 Å². The normalized spacial score (nSPS) is 10.8. The van der Waals surface area contributed by atoms with Crippen molar-refractivity contribution in [3.8, 4) is 0 Å². The largest absolute Gasteiger partial charge is 0.354 e. The molecule has 1 aromatic heterocycles. The van der Waals surface area contributed by atoms with Crippen LogP contribution in [-0.2, 0) is 0 Å². The lowest BCUT2D eigenvalue weighted by Crippen LogP contribution is -2.17. The second-order valence-corrected chi connectivity index (χ2v) is 5.51. The quantitative estimate of drug-likeness (QED) is 0.765. The zero-order valence-corrected chi connectivity index (χ0v) is 13.4. The van der Waals surface area contributed by atoms with Crippen molar-refractivity contribution in [3.05, 3.63) is 41.3 Å². The van der Waals surface area contributed by atoms with Crippen LogP contribution in [0.1, 0.15) is 6.42 Å². The van der Waals surface area contributed by atoms with Crippen molar-refractivity contribution in [1.29, 1.82) is 0 Å². The second-order valence-electron chi connectivity index (χ2n) is 5.10.